The zero-order chi connectivity index (χ0) is 20.3. The van der Waals surface area contributed by atoms with Gasteiger partial charge in [-0.05, 0) is 38.3 Å². The summed E-state index contributed by atoms with van der Waals surface area (Å²) in [5.74, 6) is 1.05. The fourth-order valence-electron chi connectivity index (χ4n) is 3.21. The molecule has 3 heteroatoms. The molecule has 1 aromatic carbocycles. The number of rotatable bonds is 16. The van der Waals surface area contributed by atoms with Crippen molar-refractivity contribution in [2.45, 2.75) is 97.5 Å². The van der Waals surface area contributed by atoms with Crippen LogP contribution in [-0.4, -0.2) is 32.5 Å². The van der Waals surface area contributed by atoms with E-state index in [2.05, 4.69) is 31.2 Å². The monoisotopic (exact) mass is 392 g/mol. The second-order valence-electron chi connectivity index (χ2n) is 7.59. The summed E-state index contributed by atoms with van der Waals surface area (Å²) in [6.45, 7) is 9.51. The highest BCUT2D eigenvalue weighted by Crippen LogP contribution is 2.22. The van der Waals surface area contributed by atoms with Crippen LogP contribution >= 0.6 is 0 Å². The first kappa shape index (κ1) is 25.0. The lowest BCUT2D eigenvalue weighted by atomic mass is 10.0. The number of ether oxygens (including phenoxy) is 3. The van der Waals surface area contributed by atoms with Crippen molar-refractivity contribution >= 4 is 0 Å². The highest BCUT2D eigenvalue weighted by Gasteiger charge is 2.23. The van der Waals surface area contributed by atoms with Crippen molar-refractivity contribution in [3.05, 3.63) is 29.8 Å². The first-order chi connectivity index (χ1) is 13.8. The Bertz CT molecular complexity index is 455. The van der Waals surface area contributed by atoms with Gasteiger partial charge in [-0.2, -0.15) is 0 Å². The average molecular weight is 393 g/mol. The van der Waals surface area contributed by atoms with Gasteiger partial charge in [0.2, 0.25) is 0 Å². The van der Waals surface area contributed by atoms with Crippen LogP contribution in [0.4, 0.5) is 0 Å². The van der Waals surface area contributed by atoms with E-state index in [9.17, 15) is 0 Å². The van der Waals surface area contributed by atoms with Gasteiger partial charge >= 0.3 is 0 Å². The quantitative estimate of drug-likeness (QED) is 0.225. The Kier molecular flexibility index (Phi) is 16.1. The van der Waals surface area contributed by atoms with Crippen LogP contribution < -0.4 is 4.74 Å². The molecule has 1 aliphatic rings. The van der Waals surface area contributed by atoms with Gasteiger partial charge in [-0.3, -0.25) is 0 Å². The normalized spacial score (nSPS) is 15.0. The fourth-order valence-corrected chi connectivity index (χ4v) is 3.21. The summed E-state index contributed by atoms with van der Waals surface area (Å²) >= 11 is 0. The molecule has 1 atom stereocenters. The van der Waals surface area contributed by atoms with Gasteiger partial charge in [0.1, 0.15) is 18.5 Å². The summed E-state index contributed by atoms with van der Waals surface area (Å²) in [5, 5.41) is 0. The van der Waals surface area contributed by atoms with E-state index in [0.29, 0.717) is 12.7 Å². The molecule has 162 valence electrons. The standard InChI is InChI=1S/C21H34O2.C4H10O/c1-2-3-4-5-6-7-8-9-10-11-14-19-15-12-13-16-21(19)23-18-20-17-22-20;1-3-5-4-2/h12-13,15-16,20H,2-11,14,17-18H2,1H3;3-4H2,1-2H3. The molecule has 0 aromatic heterocycles. The predicted octanol–water partition coefficient (Wildman–Crippen LogP) is 6.97. The number of unbranched alkanes of at least 4 members (excludes halogenated alkanes) is 9. The van der Waals surface area contributed by atoms with Gasteiger partial charge in [0.15, 0.2) is 0 Å². The predicted molar refractivity (Wildman–Crippen MR) is 119 cm³/mol. The minimum atomic E-state index is 0.334. The zero-order valence-corrected chi connectivity index (χ0v) is 18.7. The maximum Gasteiger partial charge on any atom is 0.122 e. The lowest BCUT2D eigenvalue weighted by molar-refractivity contribution is 0.162. The highest BCUT2D eigenvalue weighted by molar-refractivity contribution is 5.33. The van der Waals surface area contributed by atoms with E-state index in [1.54, 1.807) is 0 Å². The van der Waals surface area contributed by atoms with Crippen molar-refractivity contribution in [2.75, 3.05) is 26.4 Å². The van der Waals surface area contributed by atoms with Gasteiger partial charge in [-0.1, -0.05) is 82.9 Å². The molecule has 0 N–H and O–H groups in total. The first-order valence-electron chi connectivity index (χ1n) is 11.7. The van der Waals surface area contributed by atoms with Crippen molar-refractivity contribution in [3.63, 3.8) is 0 Å². The molecule has 1 aromatic rings. The third kappa shape index (κ3) is 14.0. The van der Waals surface area contributed by atoms with Crippen LogP contribution in [0.3, 0.4) is 0 Å². The number of hydrogen-bond donors (Lipinski definition) is 0. The molecule has 1 aliphatic heterocycles. The van der Waals surface area contributed by atoms with Crippen LogP contribution in [-0.2, 0) is 15.9 Å². The number of aryl methyl sites for hydroxylation is 1. The first-order valence-corrected chi connectivity index (χ1v) is 11.7. The van der Waals surface area contributed by atoms with Gasteiger partial charge < -0.3 is 14.2 Å². The maximum absolute atomic E-state index is 5.88. The molecule has 0 bridgehead atoms. The molecule has 3 nitrogen and oxygen atoms in total. The Balaban J connectivity index is 0.000000696. The van der Waals surface area contributed by atoms with Crippen molar-refractivity contribution in [2.24, 2.45) is 0 Å². The topological polar surface area (TPSA) is 31.0 Å². The smallest absolute Gasteiger partial charge is 0.122 e. The van der Waals surface area contributed by atoms with Crippen molar-refractivity contribution < 1.29 is 14.2 Å². The fraction of sp³-hybridized carbons (Fsp3) is 0.760. The summed E-state index contributed by atoms with van der Waals surface area (Å²) in [5.41, 5.74) is 1.35. The summed E-state index contributed by atoms with van der Waals surface area (Å²) in [4.78, 5) is 0. The molecule has 1 heterocycles. The Labute approximate surface area is 174 Å². The Morgan fingerprint density at radius 3 is 1.93 bits per heavy atom. The van der Waals surface area contributed by atoms with E-state index in [1.165, 1.54) is 69.8 Å². The maximum atomic E-state index is 5.88. The molecule has 0 aliphatic carbocycles. The lowest BCUT2D eigenvalue weighted by Gasteiger charge is -2.10. The molecular weight excluding hydrogens is 348 g/mol. The molecular formula is C25H44O3. The minimum Gasteiger partial charge on any atom is -0.491 e. The molecule has 2 rings (SSSR count). The zero-order valence-electron chi connectivity index (χ0n) is 18.7. The van der Waals surface area contributed by atoms with E-state index >= 15 is 0 Å². The van der Waals surface area contributed by atoms with E-state index in [-0.39, 0.29) is 0 Å². The molecule has 1 saturated heterocycles. The second-order valence-corrected chi connectivity index (χ2v) is 7.59. The van der Waals surface area contributed by atoms with Crippen molar-refractivity contribution in [1.82, 2.24) is 0 Å². The number of epoxide rings is 1. The van der Waals surface area contributed by atoms with E-state index < -0.39 is 0 Å². The van der Waals surface area contributed by atoms with Crippen LogP contribution in [0.1, 0.15) is 90.5 Å². The van der Waals surface area contributed by atoms with Crippen LogP contribution in [0, 0.1) is 0 Å². The Morgan fingerprint density at radius 2 is 1.39 bits per heavy atom. The van der Waals surface area contributed by atoms with Gasteiger partial charge in [0.25, 0.3) is 0 Å². The lowest BCUT2D eigenvalue weighted by Crippen LogP contribution is -2.05. The molecule has 1 fully saturated rings. The van der Waals surface area contributed by atoms with Gasteiger partial charge in [0.05, 0.1) is 6.61 Å². The third-order valence-corrected chi connectivity index (χ3v) is 5.01. The highest BCUT2D eigenvalue weighted by atomic mass is 16.6. The Hall–Kier alpha value is -1.06. The molecule has 0 spiro atoms. The summed E-state index contributed by atoms with van der Waals surface area (Å²) in [6, 6.07) is 8.47. The number of benzene rings is 1. The minimum absolute atomic E-state index is 0.334. The van der Waals surface area contributed by atoms with Gasteiger partial charge in [0, 0.05) is 13.2 Å². The van der Waals surface area contributed by atoms with Gasteiger partial charge in [-0.25, -0.2) is 0 Å². The average Bonchev–Trinajstić information content (AvgIpc) is 3.54. The van der Waals surface area contributed by atoms with Crippen LogP contribution in [0.5, 0.6) is 5.75 Å². The van der Waals surface area contributed by atoms with Gasteiger partial charge in [-0.15, -0.1) is 0 Å². The molecule has 0 amide bonds. The second kappa shape index (κ2) is 18.0. The van der Waals surface area contributed by atoms with Crippen molar-refractivity contribution in [3.8, 4) is 5.75 Å². The SMILES string of the molecule is CCCCCCCCCCCCc1ccccc1OCC1CO1.CCOCC. The molecule has 28 heavy (non-hydrogen) atoms. The Morgan fingerprint density at radius 1 is 0.821 bits per heavy atom. The largest absolute Gasteiger partial charge is 0.491 e. The molecule has 0 radical (unpaired) electrons. The molecule has 0 saturated carbocycles. The van der Waals surface area contributed by atoms with E-state index in [0.717, 1.165) is 32.0 Å². The van der Waals surface area contributed by atoms with E-state index in [4.69, 9.17) is 14.2 Å². The van der Waals surface area contributed by atoms with Crippen molar-refractivity contribution in [1.29, 1.82) is 0 Å². The van der Waals surface area contributed by atoms with E-state index in [1.807, 2.05) is 13.8 Å². The number of para-hydroxylation sites is 1. The van der Waals surface area contributed by atoms with Crippen LogP contribution in [0.2, 0.25) is 0 Å². The third-order valence-electron chi connectivity index (χ3n) is 5.01. The number of hydrogen-bond acceptors (Lipinski definition) is 3. The summed E-state index contributed by atoms with van der Waals surface area (Å²) in [6.07, 6.45) is 15.3. The van der Waals surface area contributed by atoms with Crippen LogP contribution in [0.25, 0.3) is 0 Å². The summed E-state index contributed by atoms with van der Waals surface area (Å²) < 4.78 is 15.9. The summed E-state index contributed by atoms with van der Waals surface area (Å²) in [7, 11) is 0. The van der Waals surface area contributed by atoms with Crippen LogP contribution in [0.15, 0.2) is 24.3 Å². The molecule has 1 unspecified atom stereocenters.